The van der Waals surface area contributed by atoms with Gasteiger partial charge in [0.05, 0.1) is 6.17 Å². The number of hydrogen-bond donors (Lipinski definition) is 1. The lowest BCUT2D eigenvalue weighted by atomic mass is 9.85. The van der Waals surface area contributed by atoms with Crippen LogP contribution in [-0.2, 0) is 0 Å². The highest BCUT2D eigenvalue weighted by molar-refractivity contribution is 4.91. The van der Waals surface area contributed by atoms with Gasteiger partial charge >= 0.3 is 0 Å². The van der Waals surface area contributed by atoms with Crippen molar-refractivity contribution in [3.8, 4) is 0 Å². The average molecular weight is 154 g/mol. The highest BCUT2D eigenvalue weighted by atomic mass is 15.3. The predicted octanol–water partition coefficient (Wildman–Crippen LogP) is 1.17. The molecule has 1 saturated heterocycles. The van der Waals surface area contributed by atoms with E-state index >= 15 is 0 Å². The Hall–Kier alpha value is -0.0800. The van der Waals surface area contributed by atoms with Crippen molar-refractivity contribution in [2.45, 2.75) is 44.3 Å². The van der Waals surface area contributed by atoms with Crippen LogP contribution in [0.4, 0.5) is 0 Å². The molecule has 11 heavy (non-hydrogen) atoms. The molecule has 2 nitrogen and oxygen atoms in total. The van der Waals surface area contributed by atoms with Gasteiger partial charge in [-0.15, -0.1) is 0 Å². The molecule has 3 unspecified atom stereocenters. The quantitative estimate of drug-likeness (QED) is 0.567. The van der Waals surface area contributed by atoms with E-state index in [1.165, 1.54) is 32.1 Å². The van der Waals surface area contributed by atoms with Gasteiger partial charge in [-0.1, -0.05) is 12.8 Å². The second kappa shape index (κ2) is 2.76. The molecule has 1 heterocycles. The van der Waals surface area contributed by atoms with E-state index in [-0.39, 0.29) is 0 Å². The van der Waals surface area contributed by atoms with Crippen molar-refractivity contribution in [1.29, 1.82) is 0 Å². The van der Waals surface area contributed by atoms with Crippen molar-refractivity contribution in [2.24, 2.45) is 11.7 Å². The minimum absolute atomic E-state index is 0.350. The number of hydrogen-bond acceptors (Lipinski definition) is 2. The van der Waals surface area contributed by atoms with Crippen LogP contribution in [0.1, 0.15) is 32.1 Å². The van der Waals surface area contributed by atoms with Crippen molar-refractivity contribution in [3.05, 3.63) is 0 Å². The number of nitrogens with zero attached hydrogens (tertiary/aromatic N) is 1. The molecule has 0 aromatic carbocycles. The second-order valence-electron chi connectivity index (χ2n) is 4.08. The van der Waals surface area contributed by atoms with E-state index in [1.54, 1.807) is 0 Å². The predicted molar refractivity (Wildman–Crippen MR) is 46.1 cm³/mol. The molecule has 2 fully saturated rings. The monoisotopic (exact) mass is 154 g/mol. The van der Waals surface area contributed by atoms with Gasteiger partial charge in [-0.2, -0.15) is 0 Å². The SMILES string of the molecule is CN1C(N)CC2CCCCC21. The van der Waals surface area contributed by atoms with Crippen molar-refractivity contribution >= 4 is 0 Å². The van der Waals surface area contributed by atoms with Gasteiger partial charge in [0.1, 0.15) is 0 Å². The first-order valence-corrected chi connectivity index (χ1v) is 4.76. The zero-order chi connectivity index (χ0) is 7.84. The lowest BCUT2D eigenvalue weighted by Crippen LogP contribution is -2.39. The van der Waals surface area contributed by atoms with Crippen LogP contribution in [0.2, 0.25) is 0 Å². The molecule has 0 spiro atoms. The largest absolute Gasteiger partial charge is 0.316 e. The van der Waals surface area contributed by atoms with E-state index < -0.39 is 0 Å². The molecule has 0 amide bonds. The summed E-state index contributed by atoms with van der Waals surface area (Å²) < 4.78 is 0. The van der Waals surface area contributed by atoms with Crippen LogP contribution in [0.15, 0.2) is 0 Å². The summed E-state index contributed by atoms with van der Waals surface area (Å²) in [7, 11) is 2.18. The molecule has 2 aliphatic rings. The summed E-state index contributed by atoms with van der Waals surface area (Å²) in [5.41, 5.74) is 5.96. The Morgan fingerprint density at radius 3 is 2.73 bits per heavy atom. The molecule has 2 rings (SSSR count). The number of fused-ring (bicyclic) bond motifs is 1. The van der Waals surface area contributed by atoms with Gasteiger partial charge in [0.2, 0.25) is 0 Å². The molecular weight excluding hydrogens is 136 g/mol. The van der Waals surface area contributed by atoms with E-state index in [0.717, 1.165) is 12.0 Å². The second-order valence-corrected chi connectivity index (χ2v) is 4.08. The molecule has 2 N–H and O–H groups in total. The van der Waals surface area contributed by atoms with Crippen LogP contribution in [0.5, 0.6) is 0 Å². The summed E-state index contributed by atoms with van der Waals surface area (Å²) in [5, 5.41) is 0. The molecule has 0 aromatic rings. The fourth-order valence-electron chi connectivity index (χ4n) is 2.72. The molecule has 1 aliphatic heterocycles. The van der Waals surface area contributed by atoms with E-state index in [2.05, 4.69) is 11.9 Å². The molecule has 64 valence electrons. The van der Waals surface area contributed by atoms with Gasteiger partial charge in [-0.3, -0.25) is 4.90 Å². The Morgan fingerprint density at radius 2 is 2.00 bits per heavy atom. The molecular formula is C9H18N2. The van der Waals surface area contributed by atoms with Crippen LogP contribution >= 0.6 is 0 Å². The Bertz CT molecular complexity index is 146. The summed E-state index contributed by atoms with van der Waals surface area (Å²) in [6, 6.07) is 0.818. The maximum absolute atomic E-state index is 5.96. The van der Waals surface area contributed by atoms with E-state index in [9.17, 15) is 0 Å². The summed E-state index contributed by atoms with van der Waals surface area (Å²) in [6.45, 7) is 0. The van der Waals surface area contributed by atoms with Crippen LogP contribution in [0.25, 0.3) is 0 Å². The minimum Gasteiger partial charge on any atom is -0.316 e. The third-order valence-electron chi connectivity index (χ3n) is 3.46. The summed E-state index contributed by atoms with van der Waals surface area (Å²) in [5.74, 6) is 0.920. The van der Waals surface area contributed by atoms with E-state index in [1.807, 2.05) is 0 Å². The van der Waals surface area contributed by atoms with Crippen LogP contribution < -0.4 is 5.73 Å². The lowest BCUT2D eigenvalue weighted by molar-refractivity contribution is 0.188. The maximum Gasteiger partial charge on any atom is 0.0574 e. The summed E-state index contributed by atoms with van der Waals surface area (Å²) in [6.07, 6.45) is 7.24. The van der Waals surface area contributed by atoms with Gasteiger partial charge in [0.15, 0.2) is 0 Å². The minimum atomic E-state index is 0.350. The third kappa shape index (κ3) is 1.18. The van der Waals surface area contributed by atoms with Crippen molar-refractivity contribution < 1.29 is 0 Å². The first-order chi connectivity index (χ1) is 5.29. The molecule has 1 saturated carbocycles. The van der Waals surface area contributed by atoms with Crippen LogP contribution in [-0.4, -0.2) is 24.2 Å². The number of likely N-dealkylation sites (tertiary alicyclic amines) is 1. The number of nitrogens with two attached hydrogens (primary N) is 1. The summed E-state index contributed by atoms with van der Waals surface area (Å²) in [4.78, 5) is 2.38. The Kier molecular flexibility index (Phi) is 1.90. The van der Waals surface area contributed by atoms with Gasteiger partial charge < -0.3 is 5.73 Å². The average Bonchev–Trinajstić information content (AvgIpc) is 2.30. The summed E-state index contributed by atoms with van der Waals surface area (Å²) >= 11 is 0. The van der Waals surface area contributed by atoms with Gasteiger partial charge in [-0.25, -0.2) is 0 Å². The normalized spacial score (nSPS) is 45.8. The highest BCUT2D eigenvalue weighted by Crippen LogP contribution is 2.36. The standard InChI is InChI=1S/C9H18N2/c1-11-8-5-3-2-4-7(8)6-9(11)10/h7-9H,2-6,10H2,1H3. The van der Waals surface area contributed by atoms with E-state index in [0.29, 0.717) is 6.17 Å². The zero-order valence-corrected chi connectivity index (χ0v) is 7.29. The van der Waals surface area contributed by atoms with Crippen molar-refractivity contribution in [3.63, 3.8) is 0 Å². The molecule has 0 radical (unpaired) electrons. The van der Waals surface area contributed by atoms with E-state index in [4.69, 9.17) is 5.73 Å². The highest BCUT2D eigenvalue weighted by Gasteiger charge is 2.37. The Morgan fingerprint density at radius 1 is 1.27 bits per heavy atom. The molecule has 2 heteroatoms. The van der Waals surface area contributed by atoms with Crippen LogP contribution in [0, 0.1) is 5.92 Å². The molecule has 0 bridgehead atoms. The molecule has 1 aliphatic carbocycles. The zero-order valence-electron chi connectivity index (χ0n) is 7.29. The first kappa shape index (κ1) is 7.56. The fraction of sp³-hybridized carbons (Fsp3) is 1.00. The Balaban J connectivity index is 2.05. The number of rotatable bonds is 0. The molecule has 0 aromatic heterocycles. The van der Waals surface area contributed by atoms with Gasteiger partial charge in [0, 0.05) is 6.04 Å². The van der Waals surface area contributed by atoms with Gasteiger partial charge in [0.25, 0.3) is 0 Å². The van der Waals surface area contributed by atoms with Gasteiger partial charge in [-0.05, 0) is 32.2 Å². The maximum atomic E-state index is 5.96. The Labute approximate surface area is 68.7 Å². The molecule has 3 atom stereocenters. The van der Waals surface area contributed by atoms with Crippen molar-refractivity contribution in [2.75, 3.05) is 7.05 Å². The topological polar surface area (TPSA) is 29.3 Å². The van der Waals surface area contributed by atoms with Crippen molar-refractivity contribution in [1.82, 2.24) is 4.90 Å². The smallest absolute Gasteiger partial charge is 0.0574 e. The fourth-order valence-corrected chi connectivity index (χ4v) is 2.72. The first-order valence-electron chi connectivity index (χ1n) is 4.76. The lowest BCUT2D eigenvalue weighted by Gasteiger charge is -2.29. The third-order valence-corrected chi connectivity index (χ3v) is 3.46. The van der Waals surface area contributed by atoms with Crippen LogP contribution in [0.3, 0.4) is 0 Å².